The normalized spacial score (nSPS) is 16.8. The summed E-state index contributed by atoms with van der Waals surface area (Å²) < 4.78 is 33.0. The predicted molar refractivity (Wildman–Crippen MR) is 138 cm³/mol. The minimum absolute atomic E-state index is 0.134. The molecule has 0 spiro atoms. The SMILES string of the molecule is O=C(CC[C@H]1[C@@H](c2ccccc2OCc2ccccc2)C(=O)N1c1ccc(F)cc1)c1ccc(F)cc1. The number of Topliss-reactive ketones (excluding diaryl/α,β-unsaturated/α-hetero) is 1. The van der Waals surface area contributed by atoms with Crippen LogP contribution in [0.3, 0.4) is 0 Å². The molecule has 2 atom stereocenters. The molecule has 1 fully saturated rings. The summed E-state index contributed by atoms with van der Waals surface area (Å²) in [6.07, 6.45) is 0.557. The predicted octanol–water partition coefficient (Wildman–Crippen LogP) is 6.71. The van der Waals surface area contributed by atoms with Crippen LogP contribution in [-0.2, 0) is 11.4 Å². The number of hydrogen-bond donors (Lipinski definition) is 0. The van der Waals surface area contributed by atoms with Gasteiger partial charge in [-0.15, -0.1) is 0 Å². The van der Waals surface area contributed by atoms with E-state index in [1.807, 2.05) is 54.6 Å². The fourth-order valence-electron chi connectivity index (χ4n) is 4.76. The van der Waals surface area contributed by atoms with Crippen LogP contribution in [0.4, 0.5) is 14.5 Å². The Morgan fingerprint density at radius 1 is 0.784 bits per heavy atom. The van der Waals surface area contributed by atoms with Crippen LogP contribution >= 0.6 is 0 Å². The first kappa shape index (κ1) is 24.4. The van der Waals surface area contributed by atoms with Crippen molar-refractivity contribution in [2.45, 2.75) is 31.4 Å². The van der Waals surface area contributed by atoms with E-state index in [9.17, 15) is 18.4 Å². The van der Waals surface area contributed by atoms with E-state index in [0.29, 0.717) is 30.0 Å². The number of carbonyl (C=O) groups is 2. The summed E-state index contributed by atoms with van der Waals surface area (Å²) in [5.41, 5.74) is 2.75. The van der Waals surface area contributed by atoms with Gasteiger partial charge in [0.1, 0.15) is 24.0 Å². The third kappa shape index (κ3) is 5.28. The molecule has 0 saturated carbocycles. The second-order valence-corrected chi connectivity index (χ2v) is 9.01. The summed E-state index contributed by atoms with van der Waals surface area (Å²) in [6, 6.07) is 28.1. The summed E-state index contributed by atoms with van der Waals surface area (Å²) in [5.74, 6) is -0.976. The number of halogens is 2. The van der Waals surface area contributed by atoms with Gasteiger partial charge in [0.2, 0.25) is 5.91 Å². The molecule has 0 aliphatic carbocycles. The van der Waals surface area contributed by atoms with Gasteiger partial charge in [0.15, 0.2) is 5.78 Å². The first-order valence-corrected chi connectivity index (χ1v) is 12.1. The summed E-state index contributed by atoms with van der Waals surface area (Å²) in [5, 5.41) is 0. The lowest BCUT2D eigenvalue weighted by Gasteiger charge is -2.48. The number of ketones is 1. The molecule has 4 aromatic rings. The van der Waals surface area contributed by atoms with Gasteiger partial charge in [0.05, 0.1) is 12.0 Å². The molecule has 1 heterocycles. The van der Waals surface area contributed by atoms with Crippen molar-refractivity contribution in [3.05, 3.63) is 131 Å². The number of rotatable bonds is 9. The lowest BCUT2D eigenvalue weighted by molar-refractivity contribution is -0.126. The molecule has 0 N–H and O–H groups in total. The number of β-lactam (4-membered cyclic amide) rings is 1. The Bertz CT molecular complexity index is 1390. The molecule has 37 heavy (non-hydrogen) atoms. The maximum Gasteiger partial charge on any atom is 0.237 e. The molecule has 0 bridgehead atoms. The average molecular weight is 498 g/mol. The van der Waals surface area contributed by atoms with Crippen LogP contribution in [0.15, 0.2) is 103 Å². The van der Waals surface area contributed by atoms with Crippen LogP contribution in [0.5, 0.6) is 5.75 Å². The highest BCUT2D eigenvalue weighted by atomic mass is 19.1. The molecule has 5 rings (SSSR count). The standard InChI is InChI=1S/C31H25F2NO3/c32-23-12-10-22(11-13-23)28(35)19-18-27-30(31(36)34(27)25-16-14-24(33)15-17-25)26-8-4-5-9-29(26)37-20-21-6-2-1-3-7-21/h1-17,27,30H,18-20H2/t27-,30+/m0/s1. The Morgan fingerprint density at radius 2 is 1.41 bits per heavy atom. The third-order valence-corrected chi connectivity index (χ3v) is 6.65. The van der Waals surface area contributed by atoms with Gasteiger partial charge in [-0.05, 0) is 66.6 Å². The van der Waals surface area contributed by atoms with Crippen LogP contribution in [0.2, 0.25) is 0 Å². The molecule has 0 aromatic heterocycles. The second kappa shape index (κ2) is 10.7. The quantitative estimate of drug-likeness (QED) is 0.191. The molecular formula is C31H25F2NO3. The number of amides is 1. The van der Waals surface area contributed by atoms with Crippen molar-refractivity contribution in [2.75, 3.05) is 4.90 Å². The topological polar surface area (TPSA) is 46.6 Å². The molecule has 1 saturated heterocycles. The highest BCUT2D eigenvalue weighted by Gasteiger charge is 2.49. The maximum atomic E-state index is 13.6. The minimum atomic E-state index is -0.516. The van der Waals surface area contributed by atoms with Crippen LogP contribution in [0.25, 0.3) is 0 Å². The van der Waals surface area contributed by atoms with Crippen molar-refractivity contribution < 1.29 is 23.1 Å². The van der Waals surface area contributed by atoms with Gasteiger partial charge >= 0.3 is 0 Å². The number of hydrogen-bond acceptors (Lipinski definition) is 3. The van der Waals surface area contributed by atoms with Gasteiger partial charge in [0.25, 0.3) is 0 Å². The van der Waals surface area contributed by atoms with Crippen molar-refractivity contribution in [3.8, 4) is 5.75 Å². The van der Waals surface area contributed by atoms with Gasteiger partial charge in [-0.25, -0.2) is 8.78 Å². The lowest BCUT2D eigenvalue weighted by Crippen LogP contribution is -2.59. The maximum absolute atomic E-state index is 13.6. The van der Waals surface area contributed by atoms with Gasteiger partial charge in [-0.1, -0.05) is 48.5 Å². The molecule has 1 aliphatic heterocycles. The Balaban J connectivity index is 1.40. The van der Waals surface area contributed by atoms with Crippen LogP contribution < -0.4 is 9.64 Å². The molecule has 0 radical (unpaired) electrons. The van der Waals surface area contributed by atoms with E-state index >= 15 is 0 Å². The Kier molecular flexibility index (Phi) is 7.08. The number of benzene rings is 4. The Morgan fingerprint density at radius 3 is 2.11 bits per heavy atom. The third-order valence-electron chi connectivity index (χ3n) is 6.65. The Hall–Kier alpha value is -4.32. The molecule has 1 amide bonds. The zero-order valence-corrected chi connectivity index (χ0v) is 20.0. The Labute approximate surface area is 214 Å². The average Bonchev–Trinajstić information content (AvgIpc) is 2.92. The molecule has 186 valence electrons. The van der Waals surface area contributed by atoms with E-state index in [4.69, 9.17) is 4.74 Å². The molecule has 0 unspecified atom stereocenters. The summed E-state index contributed by atoms with van der Waals surface area (Å²) in [7, 11) is 0. The smallest absolute Gasteiger partial charge is 0.237 e. The molecule has 1 aliphatic rings. The first-order chi connectivity index (χ1) is 18.0. The largest absolute Gasteiger partial charge is 0.489 e. The number of carbonyl (C=O) groups excluding carboxylic acids is 2. The monoisotopic (exact) mass is 497 g/mol. The van der Waals surface area contributed by atoms with Crippen LogP contribution in [0.1, 0.15) is 40.2 Å². The summed E-state index contributed by atoms with van der Waals surface area (Å²) >= 11 is 0. The summed E-state index contributed by atoms with van der Waals surface area (Å²) in [4.78, 5) is 27.9. The molecule has 4 aromatic carbocycles. The molecule has 6 heteroatoms. The fraction of sp³-hybridized carbons (Fsp3) is 0.161. The minimum Gasteiger partial charge on any atom is -0.489 e. The van der Waals surface area contributed by atoms with Gasteiger partial charge in [0, 0.05) is 23.2 Å². The van der Waals surface area contributed by atoms with Gasteiger partial charge < -0.3 is 9.64 Å². The zero-order chi connectivity index (χ0) is 25.8. The number of ether oxygens (including phenoxy) is 1. The first-order valence-electron chi connectivity index (χ1n) is 12.1. The van der Waals surface area contributed by atoms with Crippen molar-refractivity contribution in [1.29, 1.82) is 0 Å². The van der Waals surface area contributed by atoms with E-state index in [1.165, 1.54) is 36.4 Å². The van der Waals surface area contributed by atoms with Crippen molar-refractivity contribution in [3.63, 3.8) is 0 Å². The number of nitrogens with zero attached hydrogens (tertiary/aromatic N) is 1. The molecular weight excluding hydrogens is 472 g/mol. The van der Waals surface area contributed by atoms with Crippen LogP contribution in [-0.4, -0.2) is 17.7 Å². The fourth-order valence-corrected chi connectivity index (χ4v) is 4.76. The lowest BCUT2D eigenvalue weighted by atomic mass is 9.78. The summed E-state index contributed by atoms with van der Waals surface area (Å²) in [6.45, 7) is 0.355. The van der Waals surface area contributed by atoms with E-state index in [-0.39, 0.29) is 24.2 Å². The second-order valence-electron chi connectivity index (χ2n) is 9.01. The van der Waals surface area contributed by atoms with Gasteiger partial charge in [-0.2, -0.15) is 0 Å². The van der Waals surface area contributed by atoms with Crippen LogP contribution in [0, 0.1) is 11.6 Å². The number of anilines is 1. The zero-order valence-electron chi connectivity index (χ0n) is 20.0. The van der Waals surface area contributed by atoms with Crippen molar-refractivity contribution in [2.24, 2.45) is 0 Å². The molecule has 4 nitrogen and oxygen atoms in total. The van der Waals surface area contributed by atoms with Gasteiger partial charge in [-0.3, -0.25) is 9.59 Å². The highest BCUT2D eigenvalue weighted by molar-refractivity contribution is 6.07. The van der Waals surface area contributed by atoms with E-state index in [1.54, 1.807) is 17.0 Å². The van der Waals surface area contributed by atoms with E-state index < -0.39 is 17.6 Å². The highest BCUT2D eigenvalue weighted by Crippen LogP contribution is 2.44. The number of para-hydroxylation sites is 1. The van der Waals surface area contributed by atoms with Crippen molar-refractivity contribution >= 4 is 17.4 Å². The van der Waals surface area contributed by atoms with E-state index in [2.05, 4.69) is 0 Å². The van der Waals surface area contributed by atoms with Crippen molar-refractivity contribution in [1.82, 2.24) is 0 Å². The van der Waals surface area contributed by atoms with E-state index in [0.717, 1.165) is 11.1 Å².